The lowest BCUT2D eigenvalue weighted by Crippen LogP contribution is -2.27. The van der Waals surface area contributed by atoms with Crippen LogP contribution in [-0.2, 0) is 13.1 Å². The molecule has 1 aromatic carbocycles. The monoisotopic (exact) mass is 285 g/mol. The number of carbonyl (C=O) groups is 1. The zero-order valence-electron chi connectivity index (χ0n) is 13.5. The van der Waals surface area contributed by atoms with Gasteiger partial charge in [-0.3, -0.25) is 9.48 Å². The Morgan fingerprint density at radius 1 is 1.24 bits per heavy atom. The highest BCUT2D eigenvalue weighted by Crippen LogP contribution is 2.17. The fraction of sp³-hybridized carbons (Fsp3) is 0.412. The van der Waals surface area contributed by atoms with E-state index in [1.54, 1.807) is 4.90 Å². The van der Waals surface area contributed by atoms with E-state index < -0.39 is 0 Å². The number of amides is 1. The lowest BCUT2D eigenvalue weighted by Gasteiger charge is -2.18. The molecule has 0 aliphatic rings. The summed E-state index contributed by atoms with van der Waals surface area (Å²) in [6, 6.07) is 7.70. The average molecular weight is 285 g/mol. The van der Waals surface area contributed by atoms with Crippen LogP contribution in [0.25, 0.3) is 0 Å². The van der Waals surface area contributed by atoms with Gasteiger partial charge < -0.3 is 4.90 Å². The number of hydrogen-bond acceptors (Lipinski definition) is 2. The van der Waals surface area contributed by atoms with Gasteiger partial charge in [0.25, 0.3) is 5.91 Å². The molecule has 0 fully saturated rings. The van der Waals surface area contributed by atoms with E-state index in [0.29, 0.717) is 6.54 Å². The Morgan fingerprint density at radius 3 is 2.48 bits per heavy atom. The van der Waals surface area contributed by atoms with Crippen molar-refractivity contribution in [2.75, 3.05) is 7.05 Å². The Hall–Kier alpha value is -2.10. The molecule has 4 nitrogen and oxygen atoms in total. The van der Waals surface area contributed by atoms with E-state index in [2.05, 4.69) is 18.9 Å². The van der Waals surface area contributed by atoms with Crippen LogP contribution in [0.3, 0.4) is 0 Å². The van der Waals surface area contributed by atoms with Crippen molar-refractivity contribution in [3.05, 3.63) is 52.3 Å². The number of aromatic nitrogens is 2. The van der Waals surface area contributed by atoms with Gasteiger partial charge in [0.05, 0.1) is 5.69 Å². The number of nitrogens with zero attached hydrogens (tertiary/aromatic N) is 3. The minimum atomic E-state index is 0.0520. The summed E-state index contributed by atoms with van der Waals surface area (Å²) in [5.41, 5.74) is 5.05. The maximum absolute atomic E-state index is 12.6. The van der Waals surface area contributed by atoms with Crippen molar-refractivity contribution in [1.29, 1.82) is 0 Å². The molecule has 2 aromatic rings. The summed E-state index contributed by atoms with van der Waals surface area (Å²) in [4.78, 5) is 14.3. The Bertz CT molecular complexity index is 658. The first-order chi connectivity index (χ1) is 9.95. The lowest BCUT2D eigenvalue weighted by atomic mass is 10.1. The van der Waals surface area contributed by atoms with Crippen molar-refractivity contribution in [1.82, 2.24) is 14.7 Å². The Balaban J connectivity index is 2.22. The van der Waals surface area contributed by atoms with Crippen LogP contribution in [0.15, 0.2) is 24.3 Å². The van der Waals surface area contributed by atoms with Crippen LogP contribution >= 0.6 is 0 Å². The van der Waals surface area contributed by atoms with Gasteiger partial charge in [-0.05, 0) is 39.3 Å². The third-order valence-electron chi connectivity index (χ3n) is 3.95. The molecule has 0 spiro atoms. The largest absolute Gasteiger partial charge is 0.337 e. The molecule has 4 heteroatoms. The summed E-state index contributed by atoms with van der Waals surface area (Å²) >= 11 is 0. The predicted molar refractivity (Wildman–Crippen MR) is 84.4 cm³/mol. The third kappa shape index (κ3) is 2.99. The van der Waals surface area contributed by atoms with E-state index >= 15 is 0 Å². The molecule has 0 aliphatic carbocycles. The van der Waals surface area contributed by atoms with E-state index in [0.717, 1.165) is 34.6 Å². The van der Waals surface area contributed by atoms with E-state index in [9.17, 15) is 4.79 Å². The third-order valence-corrected chi connectivity index (χ3v) is 3.95. The van der Waals surface area contributed by atoms with Crippen molar-refractivity contribution in [3.63, 3.8) is 0 Å². The van der Waals surface area contributed by atoms with Gasteiger partial charge in [-0.2, -0.15) is 5.10 Å². The molecule has 0 bridgehead atoms. The zero-order chi connectivity index (χ0) is 15.6. The van der Waals surface area contributed by atoms with E-state index in [1.807, 2.05) is 49.8 Å². The van der Waals surface area contributed by atoms with Crippen molar-refractivity contribution in [3.8, 4) is 0 Å². The first kappa shape index (κ1) is 15.3. The number of rotatable bonds is 4. The SMILES string of the molecule is CCn1nc(C)c(CN(C)C(=O)c2ccccc2C)c1C. The summed E-state index contributed by atoms with van der Waals surface area (Å²) in [5.74, 6) is 0.0520. The molecular weight excluding hydrogens is 262 g/mol. The van der Waals surface area contributed by atoms with Crippen molar-refractivity contribution < 1.29 is 4.79 Å². The van der Waals surface area contributed by atoms with Crippen LogP contribution in [0.4, 0.5) is 0 Å². The molecule has 2 rings (SSSR count). The molecular formula is C17H23N3O. The summed E-state index contributed by atoms with van der Waals surface area (Å²) in [7, 11) is 1.84. The number of carbonyl (C=O) groups excluding carboxylic acids is 1. The Morgan fingerprint density at radius 2 is 1.90 bits per heavy atom. The van der Waals surface area contributed by atoms with Crippen LogP contribution in [0.5, 0.6) is 0 Å². The molecule has 1 heterocycles. The average Bonchev–Trinajstić information content (AvgIpc) is 2.74. The molecule has 0 radical (unpaired) electrons. The Kier molecular flexibility index (Phi) is 4.46. The van der Waals surface area contributed by atoms with Gasteiger partial charge in [-0.15, -0.1) is 0 Å². The topological polar surface area (TPSA) is 38.1 Å². The smallest absolute Gasteiger partial charge is 0.254 e. The molecule has 0 saturated heterocycles. The zero-order valence-corrected chi connectivity index (χ0v) is 13.5. The van der Waals surface area contributed by atoms with E-state index in [-0.39, 0.29) is 5.91 Å². The Labute approximate surface area is 126 Å². The van der Waals surface area contributed by atoms with Crippen molar-refractivity contribution in [2.45, 2.75) is 40.8 Å². The molecule has 1 amide bonds. The number of aryl methyl sites for hydroxylation is 3. The second-order valence-corrected chi connectivity index (χ2v) is 5.44. The maximum Gasteiger partial charge on any atom is 0.254 e. The molecule has 0 unspecified atom stereocenters. The summed E-state index contributed by atoms with van der Waals surface area (Å²) < 4.78 is 1.98. The van der Waals surface area contributed by atoms with Crippen LogP contribution < -0.4 is 0 Å². The highest BCUT2D eigenvalue weighted by molar-refractivity contribution is 5.95. The highest BCUT2D eigenvalue weighted by atomic mass is 16.2. The summed E-state index contributed by atoms with van der Waals surface area (Å²) in [6.45, 7) is 9.54. The molecule has 0 N–H and O–H groups in total. The fourth-order valence-corrected chi connectivity index (χ4v) is 2.60. The minimum absolute atomic E-state index is 0.0520. The van der Waals surface area contributed by atoms with Crippen molar-refractivity contribution in [2.24, 2.45) is 0 Å². The van der Waals surface area contributed by atoms with Gasteiger partial charge in [0.1, 0.15) is 0 Å². The van der Waals surface area contributed by atoms with Crippen LogP contribution in [0.2, 0.25) is 0 Å². The molecule has 0 saturated carbocycles. The van der Waals surface area contributed by atoms with Gasteiger partial charge >= 0.3 is 0 Å². The quantitative estimate of drug-likeness (QED) is 0.865. The van der Waals surface area contributed by atoms with Gasteiger partial charge in [0.2, 0.25) is 0 Å². The second kappa shape index (κ2) is 6.12. The maximum atomic E-state index is 12.6. The molecule has 0 aliphatic heterocycles. The second-order valence-electron chi connectivity index (χ2n) is 5.44. The first-order valence-electron chi connectivity index (χ1n) is 7.29. The molecule has 0 atom stereocenters. The fourth-order valence-electron chi connectivity index (χ4n) is 2.60. The molecule has 1 aromatic heterocycles. The van der Waals surface area contributed by atoms with E-state index in [4.69, 9.17) is 0 Å². The van der Waals surface area contributed by atoms with Gasteiger partial charge in [-0.1, -0.05) is 18.2 Å². The first-order valence-corrected chi connectivity index (χ1v) is 7.29. The normalized spacial score (nSPS) is 10.7. The van der Waals surface area contributed by atoms with Gasteiger partial charge in [0.15, 0.2) is 0 Å². The number of hydrogen-bond donors (Lipinski definition) is 0. The molecule has 21 heavy (non-hydrogen) atoms. The predicted octanol–water partition coefficient (Wildman–Crippen LogP) is 3.10. The lowest BCUT2D eigenvalue weighted by molar-refractivity contribution is 0.0784. The highest BCUT2D eigenvalue weighted by Gasteiger charge is 2.18. The van der Waals surface area contributed by atoms with Gasteiger partial charge in [-0.25, -0.2) is 0 Å². The number of benzene rings is 1. The summed E-state index contributed by atoms with van der Waals surface area (Å²) in [5, 5.41) is 4.51. The van der Waals surface area contributed by atoms with Crippen molar-refractivity contribution >= 4 is 5.91 Å². The van der Waals surface area contributed by atoms with Crippen LogP contribution in [0.1, 0.15) is 39.8 Å². The van der Waals surface area contributed by atoms with E-state index in [1.165, 1.54) is 0 Å². The van der Waals surface area contributed by atoms with Crippen LogP contribution in [0, 0.1) is 20.8 Å². The van der Waals surface area contributed by atoms with Crippen LogP contribution in [-0.4, -0.2) is 27.6 Å². The van der Waals surface area contributed by atoms with Gasteiger partial charge in [0, 0.05) is 37.0 Å². The summed E-state index contributed by atoms with van der Waals surface area (Å²) in [6.07, 6.45) is 0. The minimum Gasteiger partial charge on any atom is -0.337 e. The molecule has 112 valence electrons. The standard InChI is InChI=1S/C17H23N3O/c1-6-20-14(4)16(13(3)18-20)11-19(5)17(21)15-10-8-7-9-12(15)2/h7-10H,6,11H2,1-5H3.